The van der Waals surface area contributed by atoms with Gasteiger partial charge in [-0.05, 0) is 32.0 Å². The molecule has 0 amide bonds. The van der Waals surface area contributed by atoms with E-state index in [-0.39, 0.29) is 6.61 Å². The molecule has 0 aromatic carbocycles. The maximum absolute atomic E-state index is 8.85. The van der Waals surface area contributed by atoms with E-state index in [4.69, 9.17) is 10.8 Å². The topological polar surface area (TPSA) is 49.5 Å². The Morgan fingerprint density at radius 1 is 1.50 bits per heavy atom. The Hall–Kier alpha value is -0.120. The first-order valence-electron chi connectivity index (χ1n) is 4.77. The molecule has 12 heavy (non-hydrogen) atoms. The van der Waals surface area contributed by atoms with Gasteiger partial charge in [0.05, 0.1) is 0 Å². The van der Waals surface area contributed by atoms with Gasteiger partial charge in [0.25, 0.3) is 0 Å². The summed E-state index contributed by atoms with van der Waals surface area (Å²) < 4.78 is 0. The molecule has 0 saturated heterocycles. The van der Waals surface area contributed by atoms with E-state index < -0.39 is 0 Å². The lowest BCUT2D eigenvalue weighted by molar-refractivity contribution is 0.177. The molecule has 0 rings (SSSR count). The molecule has 0 spiro atoms. The number of hydrogen-bond acceptors (Lipinski definition) is 3. The molecule has 1 atom stereocenters. The van der Waals surface area contributed by atoms with Gasteiger partial charge < -0.3 is 15.7 Å². The molecule has 0 radical (unpaired) electrons. The third-order valence-corrected chi connectivity index (χ3v) is 2.01. The summed E-state index contributed by atoms with van der Waals surface area (Å²) in [6.07, 6.45) is 1.05. The van der Waals surface area contributed by atoms with Crippen molar-refractivity contribution >= 4 is 0 Å². The number of nitrogens with two attached hydrogens (primary N) is 1. The molecule has 0 aliphatic heterocycles. The van der Waals surface area contributed by atoms with E-state index in [9.17, 15) is 0 Å². The van der Waals surface area contributed by atoms with Gasteiger partial charge in [0.15, 0.2) is 0 Å². The van der Waals surface area contributed by atoms with Gasteiger partial charge in [-0.1, -0.05) is 13.8 Å². The lowest BCUT2D eigenvalue weighted by Gasteiger charge is -2.22. The van der Waals surface area contributed by atoms with E-state index in [0.29, 0.717) is 5.92 Å². The van der Waals surface area contributed by atoms with Crippen LogP contribution in [0.3, 0.4) is 0 Å². The molecule has 0 aliphatic carbocycles. The quantitative estimate of drug-likeness (QED) is 0.583. The van der Waals surface area contributed by atoms with Crippen LogP contribution in [0.25, 0.3) is 0 Å². The molecule has 0 bridgehead atoms. The van der Waals surface area contributed by atoms with Gasteiger partial charge in [0.2, 0.25) is 0 Å². The fourth-order valence-electron chi connectivity index (χ4n) is 1.19. The zero-order chi connectivity index (χ0) is 9.40. The second-order valence-electron chi connectivity index (χ2n) is 3.32. The Kier molecular flexibility index (Phi) is 7.45. The van der Waals surface area contributed by atoms with E-state index in [1.54, 1.807) is 0 Å². The minimum Gasteiger partial charge on any atom is -0.396 e. The minimum absolute atomic E-state index is 0.277. The average molecular weight is 174 g/mol. The van der Waals surface area contributed by atoms with Crippen LogP contribution in [-0.2, 0) is 0 Å². The standard InChI is InChI=1S/C9H22N2O/c1-3-11(6-4-5-10)7-9(2)8-12/h9,12H,3-8,10H2,1-2H3. The number of aliphatic hydroxyl groups excluding tert-OH is 1. The van der Waals surface area contributed by atoms with Crippen LogP contribution < -0.4 is 5.73 Å². The summed E-state index contributed by atoms with van der Waals surface area (Å²) in [6, 6.07) is 0. The predicted molar refractivity (Wildman–Crippen MR) is 52.0 cm³/mol. The van der Waals surface area contributed by atoms with Crippen molar-refractivity contribution < 1.29 is 5.11 Å². The van der Waals surface area contributed by atoms with Crippen molar-refractivity contribution in [2.45, 2.75) is 20.3 Å². The Bertz CT molecular complexity index is 98.5. The zero-order valence-electron chi connectivity index (χ0n) is 8.29. The lowest BCUT2D eigenvalue weighted by Crippen LogP contribution is -2.31. The summed E-state index contributed by atoms with van der Waals surface area (Å²) in [4.78, 5) is 2.33. The summed E-state index contributed by atoms with van der Waals surface area (Å²) >= 11 is 0. The zero-order valence-corrected chi connectivity index (χ0v) is 8.29. The molecule has 3 nitrogen and oxygen atoms in total. The molecule has 0 aromatic heterocycles. The minimum atomic E-state index is 0.277. The summed E-state index contributed by atoms with van der Waals surface area (Å²) in [5.74, 6) is 0.378. The number of hydrogen-bond donors (Lipinski definition) is 2. The number of aliphatic hydroxyl groups is 1. The highest BCUT2D eigenvalue weighted by Crippen LogP contribution is 1.99. The van der Waals surface area contributed by atoms with Crippen molar-refractivity contribution in [3.63, 3.8) is 0 Å². The molecule has 74 valence electrons. The van der Waals surface area contributed by atoms with E-state index in [2.05, 4.69) is 18.7 Å². The molecule has 1 unspecified atom stereocenters. The van der Waals surface area contributed by atoms with Crippen LogP contribution in [0.1, 0.15) is 20.3 Å². The molecular formula is C9H22N2O. The summed E-state index contributed by atoms with van der Waals surface area (Å²) in [5, 5.41) is 8.85. The van der Waals surface area contributed by atoms with E-state index in [0.717, 1.165) is 32.6 Å². The number of nitrogens with zero attached hydrogens (tertiary/aromatic N) is 1. The van der Waals surface area contributed by atoms with Crippen LogP contribution in [0.2, 0.25) is 0 Å². The van der Waals surface area contributed by atoms with Gasteiger partial charge in [-0.2, -0.15) is 0 Å². The van der Waals surface area contributed by atoms with Gasteiger partial charge in [0, 0.05) is 13.2 Å². The summed E-state index contributed by atoms with van der Waals surface area (Å²) in [5.41, 5.74) is 5.42. The molecule has 3 N–H and O–H groups in total. The van der Waals surface area contributed by atoms with Gasteiger partial charge in [-0.25, -0.2) is 0 Å². The van der Waals surface area contributed by atoms with Gasteiger partial charge in [-0.3, -0.25) is 0 Å². The Balaban J connectivity index is 3.51. The molecular weight excluding hydrogens is 152 g/mol. The monoisotopic (exact) mass is 174 g/mol. The largest absolute Gasteiger partial charge is 0.396 e. The Labute approximate surface area is 75.6 Å². The van der Waals surface area contributed by atoms with E-state index in [1.807, 2.05) is 0 Å². The molecule has 3 heteroatoms. The summed E-state index contributed by atoms with van der Waals surface area (Å²) in [6.45, 7) is 8.31. The van der Waals surface area contributed by atoms with Crippen molar-refractivity contribution in [2.24, 2.45) is 11.7 Å². The van der Waals surface area contributed by atoms with Crippen LogP contribution in [0.15, 0.2) is 0 Å². The normalized spacial score (nSPS) is 13.8. The SMILES string of the molecule is CCN(CCCN)CC(C)CO. The molecule has 0 heterocycles. The van der Waals surface area contributed by atoms with E-state index in [1.165, 1.54) is 0 Å². The summed E-state index contributed by atoms with van der Waals surface area (Å²) in [7, 11) is 0. The second-order valence-corrected chi connectivity index (χ2v) is 3.32. The maximum atomic E-state index is 8.85. The molecule has 0 aliphatic rings. The van der Waals surface area contributed by atoms with Crippen LogP contribution in [-0.4, -0.2) is 42.8 Å². The number of rotatable bonds is 7. The first-order valence-corrected chi connectivity index (χ1v) is 4.77. The third-order valence-electron chi connectivity index (χ3n) is 2.01. The predicted octanol–water partition coefficient (Wildman–Crippen LogP) is 0.285. The second kappa shape index (κ2) is 7.53. The lowest BCUT2D eigenvalue weighted by atomic mass is 10.2. The molecule has 0 aromatic rings. The van der Waals surface area contributed by atoms with Crippen LogP contribution in [0.5, 0.6) is 0 Å². The Morgan fingerprint density at radius 3 is 2.58 bits per heavy atom. The molecule has 0 saturated carbocycles. The van der Waals surface area contributed by atoms with E-state index >= 15 is 0 Å². The van der Waals surface area contributed by atoms with Crippen LogP contribution >= 0.6 is 0 Å². The van der Waals surface area contributed by atoms with Gasteiger partial charge >= 0.3 is 0 Å². The van der Waals surface area contributed by atoms with Crippen molar-refractivity contribution in [1.29, 1.82) is 0 Å². The Morgan fingerprint density at radius 2 is 2.17 bits per heavy atom. The highest BCUT2D eigenvalue weighted by molar-refractivity contribution is 4.60. The molecule has 0 fully saturated rings. The van der Waals surface area contributed by atoms with Gasteiger partial charge in [0.1, 0.15) is 0 Å². The highest BCUT2D eigenvalue weighted by Gasteiger charge is 2.06. The highest BCUT2D eigenvalue weighted by atomic mass is 16.3. The third kappa shape index (κ3) is 5.52. The first-order chi connectivity index (χ1) is 5.74. The van der Waals surface area contributed by atoms with Crippen molar-refractivity contribution in [3.8, 4) is 0 Å². The fourth-order valence-corrected chi connectivity index (χ4v) is 1.19. The maximum Gasteiger partial charge on any atom is 0.0468 e. The van der Waals surface area contributed by atoms with Gasteiger partial charge in [-0.15, -0.1) is 0 Å². The van der Waals surface area contributed by atoms with Crippen molar-refractivity contribution in [3.05, 3.63) is 0 Å². The van der Waals surface area contributed by atoms with Crippen LogP contribution in [0, 0.1) is 5.92 Å². The van der Waals surface area contributed by atoms with Crippen molar-refractivity contribution in [1.82, 2.24) is 4.90 Å². The fraction of sp³-hybridized carbons (Fsp3) is 1.00. The average Bonchev–Trinajstić information content (AvgIpc) is 2.11. The smallest absolute Gasteiger partial charge is 0.0468 e. The van der Waals surface area contributed by atoms with Crippen LogP contribution in [0.4, 0.5) is 0 Å². The first kappa shape index (κ1) is 11.9. The van der Waals surface area contributed by atoms with Crippen molar-refractivity contribution in [2.75, 3.05) is 32.8 Å².